The van der Waals surface area contributed by atoms with Gasteiger partial charge in [-0.15, -0.1) is 11.3 Å². The number of aromatic nitrogens is 1. The van der Waals surface area contributed by atoms with Gasteiger partial charge in [-0.25, -0.2) is 9.78 Å². The second kappa shape index (κ2) is 7.13. The summed E-state index contributed by atoms with van der Waals surface area (Å²) >= 11 is 1.13. The molecule has 3 aromatic rings. The van der Waals surface area contributed by atoms with Crippen LogP contribution in [0, 0.1) is 0 Å². The standard InChI is InChI=1S/C20H15NO5S/c1-24-14-9-12(10-15-18(14)26-11-25-15)7-8-16-21-17(19(27-16)20(22)23)13-5-3-2-4-6-13/h2-10H,11H2,1H3,(H,22,23)/b8-7+. The summed E-state index contributed by atoms with van der Waals surface area (Å²) in [6.07, 6.45) is 3.62. The molecule has 6 nitrogen and oxygen atoms in total. The minimum atomic E-state index is -0.990. The third-order valence-electron chi connectivity index (χ3n) is 3.98. The van der Waals surface area contributed by atoms with Crippen LogP contribution in [-0.4, -0.2) is 30.0 Å². The minimum absolute atomic E-state index is 0.160. The van der Waals surface area contributed by atoms with E-state index in [0.717, 1.165) is 22.5 Å². The summed E-state index contributed by atoms with van der Waals surface area (Å²) in [5.41, 5.74) is 2.08. The van der Waals surface area contributed by atoms with Crippen LogP contribution in [0.3, 0.4) is 0 Å². The van der Waals surface area contributed by atoms with Crippen LogP contribution in [-0.2, 0) is 0 Å². The Balaban J connectivity index is 1.68. The van der Waals surface area contributed by atoms with Crippen molar-refractivity contribution in [3.05, 3.63) is 57.9 Å². The third-order valence-corrected chi connectivity index (χ3v) is 4.99. The van der Waals surface area contributed by atoms with Gasteiger partial charge in [0.15, 0.2) is 11.5 Å². The van der Waals surface area contributed by atoms with E-state index in [4.69, 9.17) is 14.2 Å². The Bertz CT molecular complexity index is 1030. The number of hydrogen-bond acceptors (Lipinski definition) is 6. The normalized spacial score (nSPS) is 12.5. The molecule has 0 amide bonds. The fourth-order valence-electron chi connectivity index (χ4n) is 2.76. The monoisotopic (exact) mass is 381 g/mol. The number of benzene rings is 2. The van der Waals surface area contributed by atoms with E-state index in [1.54, 1.807) is 13.2 Å². The lowest BCUT2D eigenvalue weighted by Crippen LogP contribution is -1.95. The van der Waals surface area contributed by atoms with Gasteiger partial charge in [-0.1, -0.05) is 36.4 Å². The van der Waals surface area contributed by atoms with Crippen LogP contribution in [0.5, 0.6) is 17.2 Å². The Morgan fingerprint density at radius 1 is 1.22 bits per heavy atom. The van der Waals surface area contributed by atoms with Crippen LogP contribution in [0.25, 0.3) is 23.4 Å². The minimum Gasteiger partial charge on any atom is -0.493 e. The van der Waals surface area contributed by atoms with Crippen LogP contribution in [0.2, 0.25) is 0 Å². The van der Waals surface area contributed by atoms with E-state index >= 15 is 0 Å². The molecule has 0 fully saturated rings. The van der Waals surface area contributed by atoms with Crippen LogP contribution in [0.15, 0.2) is 42.5 Å². The second-order valence-corrected chi connectivity index (χ2v) is 6.72. The average molecular weight is 381 g/mol. The molecule has 0 unspecified atom stereocenters. The Morgan fingerprint density at radius 3 is 2.78 bits per heavy atom. The first-order valence-electron chi connectivity index (χ1n) is 8.11. The molecule has 0 saturated carbocycles. The molecule has 0 radical (unpaired) electrons. The Morgan fingerprint density at radius 2 is 2.04 bits per heavy atom. The lowest BCUT2D eigenvalue weighted by molar-refractivity contribution is 0.0702. The molecule has 4 rings (SSSR count). The summed E-state index contributed by atoms with van der Waals surface area (Å²) in [5.74, 6) is 0.795. The molecule has 0 saturated heterocycles. The number of hydrogen-bond donors (Lipinski definition) is 1. The fraction of sp³-hybridized carbons (Fsp3) is 0.100. The van der Waals surface area contributed by atoms with Crippen molar-refractivity contribution in [1.82, 2.24) is 4.98 Å². The van der Waals surface area contributed by atoms with E-state index in [2.05, 4.69) is 4.98 Å². The van der Waals surface area contributed by atoms with E-state index in [-0.39, 0.29) is 11.7 Å². The van der Waals surface area contributed by atoms with Gasteiger partial charge in [0, 0.05) is 5.56 Å². The third kappa shape index (κ3) is 3.37. The number of thiazole rings is 1. The predicted octanol–water partition coefficient (Wildman–Crippen LogP) is 4.42. The summed E-state index contributed by atoms with van der Waals surface area (Å²) in [5, 5.41) is 10.1. The molecule has 0 spiro atoms. The highest BCUT2D eigenvalue weighted by Gasteiger charge is 2.20. The highest BCUT2D eigenvalue weighted by molar-refractivity contribution is 7.15. The quantitative estimate of drug-likeness (QED) is 0.705. The lowest BCUT2D eigenvalue weighted by Gasteiger charge is -2.05. The van der Waals surface area contributed by atoms with Gasteiger partial charge in [-0.2, -0.15) is 0 Å². The largest absolute Gasteiger partial charge is 0.493 e. The molecule has 7 heteroatoms. The Kier molecular flexibility index (Phi) is 4.52. The van der Waals surface area contributed by atoms with Gasteiger partial charge in [-0.3, -0.25) is 0 Å². The number of methoxy groups -OCH3 is 1. The predicted molar refractivity (Wildman–Crippen MR) is 103 cm³/mol. The number of rotatable bonds is 5. The number of aromatic carboxylic acids is 1. The van der Waals surface area contributed by atoms with Crippen molar-refractivity contribution in [3.63, 3.8) is 0 Å². The number of carboxylic acids is 1. The summed E-state index contributed by atoms with van der Waals surface area (Å²) in [7, 11) is 1.57. The van der Waals surface area contributed by atoms with Crippen molar-refractivity contribution in [3.8, 4) is 28.5 Å². The molecule has 0 bridgehead atoms. The molecule has 2 aromatic carbocycles. The van der Waals surface area contributed by atoms with Crippen molar-refractivity contribution in [2.75, 3.05) is 13.9 Å². The average Bonchev–Trinajstić information content (AvgIpc) is 3.33. The first-order chi connectivity index (χ1) is 13.2. The lowest BCUT2D eigenvalue weighted by atomic mass is 10.1. The van der Waals surface area contributed by atoms with Gasteiger partial charge in [0.2, 0.25) is 12.5 Å². The van der Waals surface area contributed by atoms with Gasteiger partial charge >= 0.3 is 5.97 Å². The zero-order valence-electron chi connectivity index (χ0n) is 14.3. The van der Waals surface area contributed by atoms with Gasteiger partial charge in [-0.05, 0) is 23.8 Å². The van der Waals surface area contributed by atoms with Crippen molar-refractivity contribution < 1.29 is 24.1 Å². The van der Waals surface area contributed by atoms with Crippen LogP contribution in [0.1, 0.15) is 20.2 Å². The van der Waals surface area contributed by atoms with Crippen molar-refractivity contribution >= 4 is 29.5 Å². The molecular formula is C20H15NO5S. The number of fused-ring (bicyclic) bond motifs is 1. The van der Waals surface area contributed by atoms with E-state index in [9.17, 15) is 9.90 Å². The van der Waals surface area contributed by atoms with E-state index < -0.39 is 5.97 Å². The summed E-state index contributed by atoms with van der Waals surface area (Å²) in [6, 6.07) is 12.9. The van der Waals surface area contributed by atoms with Gasteiger partial charge in [0.1, 0.15) is 9.88 Å². The number of carboxylic acid groups (broad SMARTS) is 1. The zero-order chi connectivity index (χ0) is 18.8. The first-order valence-corrected chi connectivity index (χ1v) is 8.92. The molecule has 1 N–H and O–H groups in total. The molecule has 27 heavy (non-hydrogen) atoms. The van der Waals surface area contributed by atoms with Crippen molar-refractivity contribution in [1.29, 1.82) is 0 Å². The molecule has 1 aromatic heterocycles. The van der Waals surface area contributed by atoms with E-state index in [0.29, 0.717) is 28.0 Å². The maximum absolute atomic E-state index is 11.6. The highest BCUT2D eigenvalue weighted by Crippen LogP contribution is 2.42. The van der Waals surface area contributed by atoms with E-state index in [1.165, 1.54) is 0 Å². The second-order valence-electron chi connectivity index (χ2n) is 5.69. The number of nitrogens with zero attached hydrogens (tertiary/aromatic N) is 1. The fourth-order valence-corrected chi connectivity index (χ4v) is 3.59. The molecule has 2 heterocycles. The molecule has 136 valence electrons. The zero-order valence-corrected chi connectivity index (χ0v) is 15.2. The molecule has 1 aliphatic heterocycles. The van der Waals surface area contributed by atoms with Crippen LogP contribution in [0.4, 0.5) is 0 Å². The van der Waals surface area contributed by atoms with Crippen molar-refractivity contribution in [2.24, 2.45) is 0 Å². The summed E-state index contributed by atoms with van der Waals surface area (Å²) in [4.78, 5) is 16.3. The highest BCUT2D eigenvalue weighted by atomic mass is 32.1. The smallest absolute Gasteiger partial charge is 0.348 e. The molecule has 0 aliphatic carbocycles. The number of carbonyl (C=O) groups is 1. The molecule has 1 aliphatic rings. The number of ether oxygens (including phenoxy) is 3. The van der Waals surface area contributed by atoms with Gasteiger partial charge in [0.05, 0.1) is 12.8 Å². The van der Waals surface area contributed by atoms with Gasteiger partial charge in [0.25, 0.3) is 0 Å². The topological polar surface area (TPSA) is 77.9 Å². The van der Waals surface area contributed by atoms with E-state index in [1.807, 2.05) is 48.5 Å². The van der Waals surface area contributed by atoms with Crippen LogP contribution < -0.4 is 14.2 Å². The summed E-state index contributed by atoms with van der Waals surface area (Å²) in [6.45, 7) is 0.160. The van der Waals surface area contributed by atoms with Gasteiger partial charge < -0.3 is 19.3 Å². The first kappa shape index (κ1) is 17.1. The van der Waals surface area contributed by atoms with Crippen LogP contribution >= 0.6 is 11.3 Å². The molecule has 0 atom stereocenters. The Labute approximate surface area is 159 Å². The maximum Gasteiger partial charge on any atom is 0.348 e. The summed E-state index contributed by atoms with van der Waals surface area (Å²) < 4.78 is 16.1. The molecular weight excluding hydrogens is 366 g/mol. The maximum atomic E-state index is 11.6. The van der Waals surface area contributed by atoms with Crippen molar-refractivity contribution in [2.45, 2.75) is 0 Å². The SMILES string of the molecule is COc1cc(/C=C/c2nc(-c3ccccc3)c(C(=O)O)s2)cc2c1OCO2. The Hall–Kier alpha value is -3.32.